The van der Waals surface area contributed by atoms with Gasteiger partial charge in [0.2, 0.25) is 0 Å². The minimum absolute atomic E-state index is 0.506. The fourth-order valence-corrected chi connectivity index (χ4v) is 2.27. The van der Waals surface area contributed by atoms with Crippen LogP contribution in [0.1, 0.15) is 12.0 Å². The third-order valence-corrected chi connectivity index (χ3v) is 4.07. The van der Waals surface area contributed by atoms with E-state index in [0.29, 0.717) is 10.0 Å². The Morgan fingerprint density at radius 1 is 1.08 bits per heavy atom. The molecule has 3 nitrogen and oxygen atoms in total. The molecule has 2 aromatic rings. The molecular formula is C19H21Cl2N3. The van der Waals surface area contributed by atoms with Gasteiger partial charge in [-0.05, 0) is 43.9 Å². The number of rotatable bonds is 7. The van der Waals surface area contributed by atoms with E-state index in [-0.39, 0.29) is 0 Å². The topological polar surface area (TPSA) is 27.6 Å². The first-order valence-electron chi connectivity index (χ1n) is 7.70. The van der Waals surface area contributed by atoms with Crippen molar-refractivity contribution in [3.8, 4) is 0 Å². The summed E-state index contributed by atoms with van der Waals surface area (Å²) in [6.45, 7) is 0.918. The van der Waals surface area contributed by atoms with Gasteiger partial charge in [0.05, 0.1) is 21.4 Å². The number of allylic oxidation sites excluding steroid dienone is 1. The summed E-state index contributed by atoms with van der Waals surface area (Å²) in [7, 11) is 4.09. The SMILES string of the molecule is CN(C)CCC(/C=C/c1ccccc1)=N/Nc1ccc(Cl)c(Cl)c1. The molecule has 0 atom stereocenters. The minimum Gasteiger partial charge on any atom is -0.309 e. The first kappa shape index (κ1) is 18.5. The smallest absolute Gasteiger partial charge is 0.0620 e. The Balaban J connectivity index is 2.11. The Bertz CT molecular complexity index is 710. The second-order valence-corrected chi connectivity index (χ2v) is 6.46. The Hall–Kier alpha value is -1.81. The van der Waals surface area contributed by atoms with E-state index in [2.05, 4.69) is 33.6 Å². The van der Waals surface area contributed by atoms with Crippen molar-refractivity contribution in [3.63, 3.8) is 0 Å². The molecule has 126 valence electrons. The fraction of sp³-hybridized carbons (Fsp3) is 0.211. The number of hydrogen-bond donors (Lipinski definition) is 1. The van der Waals surface area contributed by atoms with E-state index in [9.17, 15) is 0 Å². The molecule has 0 saturated heterocycles. The van der Waals surface area contributed by atoms with E-state index in [1.807, 2.05) is 44.4 Å². The quantitative estimate of drug-likeness (QED) is 0.526. The third-order valence-electron chi connectivity index (χ3n) is 3.33. The van der Waals surface area contributed by atoms with E-state index in [0.717, 1.165) is 29.9 Å². The molecule has 0 unspecified atom stereocenters. The molecule has 0 aliphatic heterocycles. The molecule has 0 radical (unpaired) electrons. The molecule has 0 bridgehead atoms. The lowest BCUT2D eigenvalue weighted by Gasteiger charge is -2.10. The second kappa shape index (κ2) is 9.48. The highest BCUT2D eigenvalue weighted by molar-refractivity contribution is 6.42. The maximum absolute atomic E-state index is 6.03. The van der Waals surface area contributed by atoms with Crippen LogP contribution < -0.4 is 5.43 Å². The van der Waals surface area contributed by atoms with E-state index >= 15 is 0 Å². The van der Waals surface area contributed by atoms with Crippen molar-refractivity contribution in [3.05, 3.63) is 70.2 Å². The zero-order valence-corrected chi connectivity index (χ0v) is 15.3. The van der Waals surface area contributed by atoms with Crippen LogP contribution in [0.15, 0.2) is 59.7 Å². The minimum atomic E-state index is 0.506. The molecule has 0 aliphatic carbocycles. The predicted octanol–water partition coefficient (Wildman–Crippen LogP) is 5.43. The van der Waals surface area contributed by atoms with Gasteiger partial charge in [-0.25, -0.2) is 0 Å². The van der Waals surface area contributed by atoms with Crippen LogP contribution in [0.4, 0.5) is 5.69 Å². The fourth-order valence-electron chi connectivity index (χ4n) is 1.97. The number of nitrogens with one attached hydrogen (secondary N) is 1. The number of hydrazone groups is 1. The maximum Gasteiger partial charge on any atom is 0.0620 e. The van der Waals surface area contributed by atoms with Crippen molar-refractivity contribution in [2.24, 2.45) is 5.10 Å². The van der Waals surface area contributed by atoms with Crippen LogP contribution in [0, 0.1) is 0 Å². The highest BCUT2D eigenvalue weighted by Gasteiger charge is 2.01. The van der Waals surface area contributed by atoms with Crippen LogP contribution in [0.5, 0.6) is 0 Å². The standard InChI is InChI=1S/C19H21Cl2N3/c1-24(2)13-12-16(9-8-15-6-4-3-5-7-15)22-23-17-10-11-18(20)19(21)14-17/h3-11,14,23H,12-13H2,1-2H3/b9-8+,22-16+. The molecule has 0 aliphatic rings. The molecule has 1 N–H and O–H groups in total. The maximum atomic E-state index is 6.03. The van der Waals surface area contributed by atoms with E-state index in [4.69, 9.17) is 23.2 Å². The lowest BCUT2D eigenvalue weighted by atomic mass is 10.1. The zero-order valence-electron chi connectivity index (χ0n) is 13.8. The Kier molecular flexibility index (Phi) is 7.32. The van der Waals surface area contributed by atoms with Crippen molar-refractivity contribution < 1.29 is 0 Å². The van der Waals surface area contributed by atoms with Crippen molar-refractivity contribution in [2.45, 2.75) is 6.42 Å². The lowest BCUT2D eigenvalue weighted by Crippen LogP contribution is -2.16. The van der Waals surface area contributed by atoms with Gasteiger partial charge >= 0.3 is 0 Å². The highest BCUT2D eigenvalue weighted by atomic mass is 35.5. The van der Waals surface area contributed by atoms with Gasteiger partial charge in [-0.1, -0.05) is 59.6 Å². The van der Waals surface area contributed by atoms with Gasteiger partial charge in [-0.3, -0.25) is 5.43 Å². The van der Waals surface area contributed by atoms with Crippen molar-refractivity contribution in [1.82, 2.24) is 4.90 Å². The monoisotopic (exact) mass is 361 g/mol. The number of nitrogens with zero attached hydrogens (tertiary/aromatic N) is 2. The average Bonchev–Trinajstić information content (AvgIpc) is 2.58. The summed E-state index contributed by atoms with van der Waals surface area (Å²) in [4.78, 5) is 2.13. The summed E-state index contributed by atoms with van der Waals surface area (Å²) in [6, 6.07) is 15.5. The summed E-state index contributed by atoms with van der Waals surface area (Å²) in [5.74, 6) is 0. The Morgan fingerprint density at radius 3 is 2.50 bits per heavy atom. The molecule has 0 spiro atoms. The van der Waals surface area contributed by atoms with Gasteiger partial charge < -0.3 is 4.90 Å². The van der Waals surface area contributed by atoms with Gasteiger partial charge in [-0.2, -0.15) is 5.10 Å². The van der Waals surface area contributed by atoms with E-state index < -0.39 is 0 Å². The summed E-state index contributed by atoms with van der Waals surface area (Å²) < 4.78 is 0. The first-order chi connectivity index (χ1) is 11.5. The molecule has 0 amide bonds. The molecule has 0 aromatic heterocycles. The van der Waals surface area contributed by atoms with Crippen LogP contribution in [-0.4, -0.2) is 31.3 Å². The summed E-state index contributed by atoms with van der Waals surface area (Å²) in [6.07, 6.45) is 4.93. The molecule has 24 heavy (non-hydrogen) atoms. The molecule has 0 saturated carbocycles. The van der Waals surface area contributed by atoms with E-state index in [1.54, 1.807) is 12.1 Å². The molecule has 2 aromatic carbocycles. The van der Waals surface area contributed by atoms with Crippen LogP contribution >= 0.6 is 23.2 Å². The number of benzene rings is 2. The van der Waals surface area contributed by atoms with Crippen LogP contribution in [0.2, 0.25) is 10.0 Å². The van der Waals surface area contributed by atoms with Crippen LogP contribution in [0.25, 0.3) is 6.08 Å². The number of halogens is 2. The van der Waals surface area contributed by atoms with Crippen molar-refractivity contribution >= 4 is 40.7 Å². The number of anilines is 1. The largest absolute Gasteiger partial charge is 0.309 e. The van der Waals surface area contributed by atoms with Crippen LogP contribution in [-0.2, 0) is 0 Å². The summed E-state index contributed by atoms with van der Waals surface area (Å²) >= 11 is 12.0. The van der Waals surface area contributed by atoms with Gasteiger partial charge in [0.1, 0.15) is 0 Å². The molecule has 0 fully saturated rings. The summed E-state index contributed by atoms with van der Waals surface area (Å²) in [5, 5.41) is 5.54. The molecular weight excluding hydrogens is 341 g/mol. The normalized spacial score (nSPS) is 12.1. The third kappa shape index (κ3) is 6.36. The van der Waals surface area contributed by atoms with Gasteiger partial charge in [0.15, 0.2) is 0 Å². The Labute approximate surface area is 153 Å². The molecule has 5 heteroatoms. The van der Waals surface area contributed by atoms with Gasteiger partial charge in [0, 0.05) is 13.0 Å². The van der Waals surface area contributed by atoms with Crippen molar-refractivity contribution in [1.29, 1.82) is 0 Å². The predicted molar refractivity (Wildman–Crippen MR) is 106 cm³/mol. The highest BCUT2D eigenvalue weighted by Crippen LogP contribution is 2.25. The van der Waals surface area contributed by atoms with Gasteiger partial charge in [-0.15, -0.1) is 0 Å². The van der Waals surface area contributed by atoms with Crippen molar-refractivity contribution in [2.75, 3.05) is 26.1 Å². The van der Waals surface area contributed by atoms with E-state index in [1.165, 1.54) is 0 Å². The number of hydrogen-bond acceptors (Lipinski definition) is 3. The molecule has 2 rings (SSSR count). The second-order valence-electron chi connectivity index (χ2n) is 5.64. The zero-order chi connectivity index (χ0) is 17.4. The Morgan fingerprint density at radius 2 is 1.83 bits per heavy atom. The summed E-state index contributed by atoms with van der Waals surface area (Å²) in [5.41, 5.74) is 5.95. The van der Waals surface area contributed by atoms with Gasteiger partial charge in [0.25, 0.3) is 0 Å². The molecule has 0 heterocycles. The average molecular weight is 362 g/mol. The first-order valence-corrected chi connectivity index (χ1v) is 8.45. The lowest BCUT2D eigenvalue weighted by molar-refractivity contribution is 0.422. The van der Waals surface area contributed by atoms with Crippen LogP contribution in [0.3, 0.4) is 0 Å².